The molecule has 3 rings (SSSR count). The normalized spacial score (nSPS) is 44.1. The van der Waals surface area contributed by atoms with Crippen molar-refractivity contribution in [2.75, 3.05) is 20.8 Å². The molecule has 6 nitrogen and oxygen atoms in total. The van der Waals surface area contributed by atoms with Crippen molar-refractivity contribution in [2.45, 2.75) is 51.2 Å². The summed E-state index contributed by atoms with van der Waals surface area (Å²) in [7, 11) is 3.23. The molecule has 128 valence electrons. The van der Waals surface area contributed by atoms with Crippen molar-refractivity contribution < 1.29 is 23.8 Å². The maximum Gasteiger partial charge on any atom is 0.336 e. The zero-order valence-corrected chi connectivity index (χ0v) is 14.5. The molecule has 0 N–H and O–H groups in total. The van der Waals surface area contributed by atoms with Crippen LogP contribution in [0.4, 0.5) is 0 Å². The zero-order valence-electron chi connectivity index (χ0n) is 14.5. The summed E-state index contributed by atoms with van der Waals surface area (Å²) in [5.74, 6) is -0.358. The van der Waals surface area contributed by atoms with Crippen molar-refractivity contribution in [1.29, 1.82) is 0 Å². The number of aliphatic imine (C=N–C) groups is 1. The number of rotatable bonds is 3. The number of carbonyl (C=O) groups excluding carboxylic acids is 2. The molecule has 6 heteroatoms. The average molecular weight is 323 g/mol. The van der Waals surface area contributed by atoms with Crippen LogP contribution in [0.25, 0.3) is 0 Å². The van der Waals surface area contributed by atoms with Crippen LogP contribution in [0.3, 0.4) is 0 Å². The Kier molecular flexibility index (Phi) is 3.42. The molecule has 2 saturated carbocycles. The standard InChI is InChI=1S/C17H25NO5/c1-14(2)15(3,10-21-4)6-7-17(14)12(22-5)18-16(13(20)23-17)8-11(16)9-19/h9,11H,6-8,10H2,1-5H3/t11-,15+,16+,17?/m1/s1. The van der Waals surface area contributed by atoms with Crippen molar-refractivity contribution in [3.05, 3.63) is 0 Å². The molecule has 0 radical (unpaired) electrons. The summed E-state index contributed by atoms with van der Waals surface area (Å²) >= 11 is 0. The van der Waals surface area contributed by atoms with Crippen LogP contribution in [0.1, 0.15) is 40.0 Å². The van der Waals surface area contributed by atoms with Crippen LogP contribution in [0.2, 0.25) is 0 Å². The topological polar surface area (TPSA) is 74.2 Å². The number of esters is 1. The van der Waals surface area contributed by atoms with Crippen LogP contribution in [-0.4, -0.2) is 50.1 Å². The van der Waals surface area contributed by atoms with Crippen molar-refractivity contribution in [2.24, 2.45) is 21.7 Å². The van der Waals surface area contributed by atoms with Gasteiger partial charge in [-0.3, -0.25) is 0 Å². The molecule has 0 aromatic rings. The Balaban J connectivity index is 2.06. The van der Waals surface area contributed by atoms with Crippen LogP contribution in [-0.2, 0) is 23.8 Å². The molecule has 1 heterocycles. The van der Waals surface area contributed by atoms with E-state index in [1.807, 2.05) is 0 Å². The lowest BCUT2D eigenvalue weighted by atomic mass is 9.63. The van der Waals surface area contributed by atoms with Crippen LogP contribution in [0.5, 0.6) is 0 Å². The highest BCUT2D eigenvalue weighted by Gasteiger charge is 2.73. The van der Waals surface area contributed by atoms with E-state index in [0.717, 1.165) is 12.7 Å². The predicted molar refractivity (Wildman–Crippen MR) is 83.2 cm³/mol. The number of nitrogens with zero attached hydrogens (tertiary/aromatic N) is 1. The van der Waals surface area contributed by atoms with Crippen molar-refractivity contribution in [1.82, 2.24) is 0 Å². The van der Waals surface area contributed by atoms with Gasteiger partial charge >= 0.3 is 5.97 Å². The third-order valence-corrected chi connectivity index (χ3v) is 6.62. The van der Waals surface area contributed by atoms with E-state index in [1.165, 1.54) is 0 Å². The fourth-order valence-electron chi connectivity index (χ4n) is 4.31. The molecule has 1 unspecified atom stereocenters. The fourth-order valence-corrected chi connectivity index (χ4v) is 4.31. The minimum atomic E-state index is -1.05. The van der Waals surface area contributed by atoms with Gasteiger partial charge in [0.1, 0.15) is 6.29 Å². The summed E-state index contributed by atoms with van der Waals surface area (Å²) in [5.41, 5.74) is -2.52. The molecular formula is C17H25NO5. The summed E-state index contributed by atoms with van der Waals surface area (Å²) in [4.78, 5) is 28.3. The van der Waals surface area contributed by atoms with Gasteiger partial charge in [0.2, 0.25) is 5.90 Å². The number of ether oxygens (including phenoxy) is 3. The lowest BCUT2D eigenvalue weighted by molar-refractivity contribution is -0.174. The Bertz CT molecular complexity index is 586. The Hall–Kier alpha value is -1.43. The van der Waals surface area contributed by atoms with Gasteiger partial charge in [-0.25, -0.2) is 9.79 Å². The molecule has 23 heavy (non-hydrogen) atoms. The number of carbonyl (C=O) groups is 2. The minimum Gasteiger partial charge on any atom is -0.481 e. The van der Waals surface area contributed by atoms with Crippen molar-refractivity contribution in [3.63, 3.8) is 0 Å². The Morgan fingerprint density at radius 3 is 2.52 bits per heavy atom. The molecule has 0 amide bonds. The first-order valence-electron chi connectivity index (χ1n) is 8.05. The van der Waals surface area contributed by atoms with Gasteiger partial charge < -0.3 is 19.0 Å². The molecule has 4 atom stereocenters. The van der Waals surface area contributed by atoms with E-state index in [9.17, 15) is 9.59 Å². The SMILES string of the molecule is COC[C@]1(C)CCC2(OC(=O)[C@@]3(C[C@@H]3C=O)N=C2OC)C1(C)C. The van der Waals surface area contributed by atoms with Gasteiger partial charge in [-0.1, -0.05) is 20.8 Å². The monoisotopic (exact) mass is 323 g/mol. The number of aldehydes is 1. The lowest BCUT2D eigenvalue weighted by Gasteiger charge is -2.49. The third kappa shape index (κ3) is 1.81. The van der Waals surface area contributed by atoms with E-state index < -0.39 is 28.4 Å². The summed E-state index contributed by atoms with van der Waals surface area (Å²) in [6.07, 6.45) is 2.67. The molecule has 0 saturated heterocycles. The van der Waals surface area contributed by atoms with Gasteiger partial charge in [0.25, 0.3) is 0 Å². The van der Waals surface area contributed by atoms with Gasteiger partial charge in [-0.2, -0.15) is 0 Å². The number of hydrogen-bond donors (Lipinski definition) is 0. The van der Waals surface area contributed by atoms with Crippen LogP contribution >= 0.6 is 0 Å². The van der Waals surface area contributed by atoms with E-state index in [0.29, 0.717) is 25.3 Å². The van der Waals surface area contributed by atoms with E-state index in [2.05, 4.69) is 25.8 Å². The second-order valence-electron chi connectivity index (χ2n) is 7.83. The molecule has 0 aromatic heterocycles. The summed E-state index contributed by atoms with van der Waals surface area (Å²) in [6.45, 7) is 6.85. The van der Waals surface area contributed by atoms with Gasteiger partial charge in [0, 0.05) is 17.9 Å². The predicted octanol–water partition coefficient (Wildman–Crippen LogP) is 1.76. The molecule has 0 bridgehead atoms. The maximum atomic E-state index is 12.7. The largest absolute Gasteiger partial charge is 0.481 e. The third-order valence-electron chi connectivity index (χ3n) is 6.62. The summed E-state index contributed by atoms with van der Waals surface area (Å²) < 4.78 is 17.0. The quantitative estimate of drug-likeness (QED) is 0.584. The van der Waals surface area contributed by atoms with Gasteiger partial charge in [0.05, 0.1) is 19.6 Å². The highest BCUT2D eigenvalue weighted by Crippen LogP contribution is 2.63. The van der Waals surface area contributed by atoms with Crippen molar-refractivity contribution >= 4 is 18.2 Å². The Labute approximate surface area is 136 Å². The molecule has 1 aliphatic heterocycles. The highest BCUT2D eigenvalue weighted by atomic mass is 16.6. The van der Waals surface area contributed by atoms with Gasteiger partial charge in [-0.05, 0) is 19.3 Å². The maximum absolute atomic E-state index is 12.7. The summed E-state index contributed by atoms with van der Waals surface area (Å²) in [5, 5.41) is 0. The van der Waals surface area contributed by atoms with Gasteiger partial charge in [-0.15, -0.1) is 0 Å². The van der Waals surface area contributed by atoms with E-state index >= 15 is 0 Å². The average Bonchev–Trinajstić information content (AvgIpc) is 3.18. The zero-order chi connectivity index (χ0) is 17.1. The van der Waals surface area contributed by atoms with Crippen molar-refractivity contribution in [3.8, 4) is 0 Å². The molecule has 0 aromatic carbocycles. The van der Waals surface area contributed by atoms with Crippen LogP contribution in [0, 0.1) is 16.7 Å². The second-order valence-corrected chi connectivity index (χ2v) is 7.83. The van der Waals surface area contributed by atoms with Crippen LogP contribution < -0.4 is 0 Å². The first kappa shape index (κ1) is 16.4. The highest BCUT2D eigenvalue weighted by molar-refractivity contribution is 6.01. The lowest BCUT2D eigenvalue weighted by Crippen LogP contribution is -2.60. The smallest absolute Gasteiger partial charge is 0.336 e. The van der Waals surface area contributed by atoms with Gasteiger partial charge in [0.15, 0.2) is 11.1 Å². The number of hydrogen-bond acceptors (Lipinski definition) is 6. The Morgan fingerprint density at radius 2 is 2.00 bits per heavy atom. The first-order valence-corrected chi connectivity index (χ1v) is 8.05. The van der Waals surface area contributed by atoms with E-state index in [-0.39, 0.29) is 5.41 Å². The Morgan fingerprint density at radius 1 is 1.30 bits per heavy atom. The van der Waals surface area contributed by atoms with E-state index in [1.54, 1.807) is 14.2 Å². The number of methoxy groups -OCH3 is 2. The molecule has 2 aliphatic carbocycles. The summed E-state index contributed by atoms with van der Waals surface area (Å²) in [6, 6.07) is 0. The molecular weight excluding hydrogens is 298 g/mol. The van der Waals surface area contributed by atoms with E-state index in [4.69, 9.17) is 14.2 Å². The molecule has 2 spiro atoms. The molecule has 3 aliphatic rings. The first-order chi connectivity index (χ1) is 10.7. The second kappa shape index (κ2) is 4.79. The van der Waals surface area contributed by atoms with Crippen LogP contribution in [0.15, 0.2) is 4.99 Å². The minimum absolute atomic E-state index is 0.167. The fraction of sp³-hybridized carbons (Fsp3) is 0.824. The molecule has 2 fully saturated rings.